The summed E-state index contributed by atoms with van der Waals surface area (Å²) in [6.45, 7) is 14.8. The standard InChI is InChI=1S/C29H50O4S.C3H9N.CH4/c1-7-21(19(2)3)9-8-20(4)25-12-13-26-24-11-10-22-18-23(33-34(30,31)32)14-16-28(22,5)27(24)15-17-29(25,26)6;1-4(2)3;/h10,19-21,23-27H,7-9,11-18H2,1-6H3,(H,30,31,32);1-3H3;1H4/t20-,21-,23+,24+,25-,26+,27+,28+,29-;;/m1../s1. The molecule has 4 aliphatic rings. The van der Waals surface area contributed by atoms with E-state index in [2.05, 4.69) is 47.6 Å². The molecule has 0 saturated heterocycles. The molecule has 0 aliphatic heterocycles. The third-order valence-electron chi connectivity index (χ3n) is 11.5. The predicted molar refractivity (Wildman–Crippen MR) is 165 cm³/mol. The normalized spacial score (nSPS) is 37.4. The average Bonchev–Trinajstić information content (AvgIpc) is 3.15. The number of hydrogen-bond acceptors (Lipinski definition) is 4. The summed E-state index contributed by atoms with van der Waals surface area (Å²) in [5, 5.41) is 0. The molecule has 0 aromatic heterocycles. The van der Waals surface area contributed by atoms with Crippen LogP contribution < -0.4 is 0 Å². The first-order valence-electron chi connectivity index (χ1n) is 15.6. The first-order valence-corrected chi connectivity index (χ1v) is 16.9. The molecule has 3 saturated carbocycles. The molecule has 39 heavy (non-hydrogen) atoms. The summed E-state index contributed by atoms with van der Waals surface area (Å²) in [4.78, 5) is 2.00. The number of hydrogen-bond donors (Lipinski definition) is 1. The minimum absolute atomic E-state index is 0. The van der Waals surface area contributed by atoms with Crippen LogP contribution in [0.3, 0.4) is 0 Å². The van der Waals surface area contributed by atoms with Crippen LogP contribution in [0, 0.1) is 52.3 Å². The van der Waals surface area contributed by atoms with E-state index in [-0.39, 0.29) is 12.8 Å². The zero-order valence-electron chi connectivity index (χ0n) is 26.0. The summed E-state index contributed by atoms with van der Waals surface area (Å²) in [5.74, 6) is 5.64. The molecule has 6 heteroatoms. The van der Waals surface area contributed by atoms with Crippen molar-refractivity contribution in [2.45, 2.75) is 126 Å². The van der Waals surface area contributed by atoms with Gasteiger partial charge in [0.15, 0.2) is 0 Å². The predicted octanol–water partition coefficient (Wildman–Crippen LogP) is 8.67. The topological polar surface area (TPSA) is 66.8 Å². The fourth-order valence-corrected chi connectivity index (χ4v) is 10.1. The molecule has 3 fully saturated rings. The SMILES string of the molecule is C.CC[C@H](CC[C@@H](C)[C@H]1CC[C@H]2[C@@H]3CC=C4C[C@@H](OS(=O)(=O)O)CC[C@]4(C)[C@H]3CC[C@]12C)C(C)C.CN(C)C. The molecule has 4 aliphatic carbocycles. The lowest BCUT2D eigenvalue weighted by Crippen LogP contribution is -2.51. The van der Waals surface area contributed by atoms with Crippen molar-refractivity contribution >= 4 is 10.4 Å². The van der Waals surface area contributed by atoms with Gasteiger partial charge in [0.05, 0.1) is 6.10 Å². The first-order chi connectivity index (χ1) is 17.6. The van der Waals surface area contributed by atoms with E-state index in [9.17, 15) is 8.42 Å². The van der Waals surface area contributed by atoms with Crippen molar-refractivity contribution in [1.29, 1.82) is 0 Å². The summed E-state index contributed by atoms with van der Waals surface area (Å²) >= 11 is 0. The van der Waals surface area contributed by atoms with Crippen LogP contribution in [-0.4, -0.2) is 45.1 Å². The van der Waals surface area contributed by atoms with E-state index < -0.39 is 16.5 Å². The summed E-state index contributed by atoms with van der Waals surface area (Å²) in [7, 11) is 1.62. The van der Waals surface area contributed by atoms with Crippen LogP contribution in [0.2, 0.25) is 0 Å². The molecule has 0 aromatic carbocycles. The Bertz CT molecular complexity index is 912. The maximum atomic E-state index is 11.3. The summed E-state index contributed by atoms with van der Waals surface area (Å²) in [5.41, 5.74) is 2.03. The van der Waals surface area contributed by atoms with E-state index in [0.717, 1.165) is 48.3 Å². The number of rotatable bonds is 8. The molecular formula is C33H63NO4S. The molecule has 4 rings (SSSR count). The van der Waals surface area contributed by atoms with Gasteiger partial charge in [-0.3, -0.25) is 4.55 Å². The molecule has 0 bridgehead atoms. The van der Waals surface area contributed by atoms with E-state index in [4.69, 9.17) is 8.74 Å². The van der Waals surface area contributed by atoms with Gasteiger partial charge in [0.1, 0.15) is 0 Å². The highest BCUT2D eigenvalue weighted by molar-refractivity contribution is 7.80. The third-order valence-corrected chi connectivity index (χ3v) is 12.1. The fraction of sp³-hybridized carbons (Fsp3) is 0.939. The quantitative estimate of drug-likeness (QED) is 0.234. The maximum Gasteiger partial charge on any atom is 0.397 e. The molecule has 1 N–H and O–H groups in total. The van der Waals surface area contributed by atoms with Crippen LogP contribution in [0.25, 0.3) is 0 Å². The monoisotopic (exact) mass is 569 g/mol. The van der Waals surface area contributed by atoms with Crippen LogP contribution in [-0.2, 0) is 14.6 Å². The second-order valence-corrected chi connectivity index (χ2v) is 15.7. The van der Waals surface area contributed by atoms with Gasteiger partial charge in [0.2, 0.25) is 0 Å². The average molecular weight is 570 g/mol. The van der Waals surface area contributed by atoms with Gasteiger partial charge in [0, 0.05) is 0 Å². The molecule has 230 valence electrons. The van der Waals surface area contributed by atoms with Crippen LogP contribution in [0.4, 0.5) is 0 Å². The molecule has 0 spiro atoms. The van der Waals surface area contributed by atoms with Gasteiger partial charge in [-0.1, -0.05) is 73.5 Å². The van der Waals surface area contributed by atoms with Gasteiger partial charge in [0.25, 0.3) is 0 Å². The second kappa shape index (κ2) is 13.7. The Hall–Kier alpha value is -0.430. The van der Waals surface area contributed by atoms with Crippen LogP contribution in [0.1, 0.15) is 120 Å². The van der Waals surface area contributed by atoms with Crippen molar-refractivity contribution in [3.8, 4) is 0 Å². The van der Waals surface area contributed by atoms with E-state index in [1.807, 2.05) is 26.0 Å². The molecule has 0 heterocycles. The van der Waals surface area contributed by atoms with E-state index in [1.54, 1.807) is 0 Å². The summed E-state index contributed by atoms with van der Waals surface area (Å²) < 4.78 is 36.7. The summed E-state index contributed by atoms with van der Waals surface area (Å²) in [6.07, 6.45) is 15.0. The van der Waals surface area contributed by atoms with Crippen molar-refractivity contribution in [2.24, 2.45) is 52.3 Å². The molecule has 0 amide bonds. The smallest absolute Gasteiger partial charge is 0.312 e. The maximum absolute atomic E-state index is 11.3. The Morgan fingerprint density at radius 2 is 1.67 bits per heavy atom. The molecule has 0 aromatic rings. The number of nitrogens with zero attached hydrogens (tertiary/aromatic N) is 1. The molecule has 5 nitrogen and oxygen atoms in total. The Labute approximate surface area is 242 Å². The van der Waals surface area contributed by atoms with Gasteiger partial charge < -0.3 is 4.90 Å². The number of fused-ring (bicyclic) bond motifs is 5. The van der Waals surface area contributed by atoms with Crippen LogP contribution >= 0.6 is 0 Å². The molecule has 0 unspecified atom stereocenters. The zero-order chi connectivity index (χ0) is 28.5. The van der Waals surface area contributed by atoms with Gasteiger partial charge in [-0.05, 0) is 131 Å². The van der Waals surface area contributed by atoms with Gasteiger partial charge in [-0.2, -0.15) is 8.42 Å². The third kappa shape index (κ3) is 7.90. The van der Waals surface area contributed by atoms with E-state index >= 15 is 0 Å². The highest BCUT2D eigenvalue weighted by Gasteiger charge is 2.59. The molecule has 0 radical (unpaired) electrons. The highest BCUT2D eigenvalue weighted by Crippen LogP contribution is 2.67. The van der Waals surface area contributed by atoms with E-state index in [0.29, 0.717) is 24.2 Å². The van der Waals surface area contributed by atoms with Crippen molar-refractivity contribution in [2.75, 3.05) is 21.1 Å². The van der Waals surface area contributed by atoms with Gasteiger partial charge >= 0.3 is 10.4 Å². The number of allylic oxidation sites excluding steroid dienone is 1. The van der Waals surface area contributed by atoms with Crippen molar-refractivity contribution < 1.29 is 17.2 Å². The fourth-order valence-electron chi connectivity index (χ4n) is 9.54. The Morgan fingerprint density at radius 3 is 2.23 bits per heavy atom. The van der Waals surface area contributed by atoms with Crippen molar-refractivity contribution in [3.05, 3.63) is 11.6 Å². The minimum atomic E-state index is -4.38. The lowest BCUT2D eigenvalue weighted by atomic mass is 9.47. The van der Waals surface area contributed by atoms with Crippen LogP contribution in [0.5, 0.6) is 0 Å². The molecular weight excluding hydrogens is 506 g/mol. The van der Waals surface area contributed by atoms with Gasteiger partial charge in [-0.25, -0.2) is 4.18 Å². The van der Waals surface area contributed by atoms with Crippen LogP contribution in [0.15, 0.2) is 11.6 Å². The second-order valence-electron chi connectivity index (χ2n) is 14.7. The lowest BCUT2D eigenvalue weighted by Gasteiger charge is -2.58. The Kier molecular flexibility index (Phi) is 12.2. The highest BCUT2D eigenvalue weighted by atomic mass is 32.3. The van der Waals surface area contributed by atoms with Gasteiger partial charge in [-0.15, -0.1) is 0 Å². The molecule has 9 atom stereocenters. The largest absolute Gasteiger partial charge is 0.397 e. The first kappa shape index (κ1) is 34.8. The van der Waals surface area contributed by atoms with E-state index in [1.165, 1.54) is 50.5 Å². The van der Waals surface area contributed by atoms with Crippen molar-refractivity contribution in [3.63, 3.8) is 0 Å². The van der Waals surface area contributed by atoms with Crippen molar-refractivity contribution in [1.82, 2.24) is 4.90 Å². The Balaban J connectivity index is 0.000000998. The Morgan fingerprint density at radius 1 is 1.03 bits per heavy atom. The zero-order valence-corrected chi connectivity index (χ0v) is 26.8. The lowest BCUT2D eigenvalue weighted by molar-refractivity contribution is -0.0563. The summed E-state index contributed by atoms with van der Waals surface area (Å²) in [6, 6.07) is 0. The minimum Gasteiger partial charge on any atom is -0.312 e.